The van der Waals surface area contributed by atoms with Gasteiger partial charge in [-0.15, -0.1) is 0 Å². The Morgan fingerprint density at radius 1 is 1.43 bits per heavy atom. The van der Waals surface area contributed by atoms with Crippen LogP contribution in [-0.4, -0.2) is 30.4 Å². The molecule has 0 aliphatic carbocycles. The first-order chi connectivity index (χ1) is 10.1. The van der Waals surface area contributed by atoms with E-state index >= 15 is 0 Å². The van der Waals surface area contributed by atoms with Gasteiger partial charge in [0.2, 0.25) is 0 Å². The number of amides is 2. The summed E-state index contributed by atoms with van der Waals surface area (Å²) in [5.74, 6) is 1.12. The maximum atomic E-state index is 12.2. The van der Waals surface area contributed by atoms with Crippen molar-refractivity contribution in [3.63, 3.8) is 0 Å². The minimum atomic E-state index is -0.191. The molecule has 116 valence electrons. The van der Waals surface area contributed by atoms with Crippen LogP contribution in [0, 0.1) is 5.92 Å². The van der Waals surface area contributed by atoms with Gasteiger partial charge in [-0.2, -0.15) is 0 Å². The lowest BCUT2D eigenvalue weighted by Gasteiger charge is -2.28. The number of para-hydroxylation sites is 1. The Bertz CT molecular complexity index is 476. The second-order valence-corrected chi connectivity index (χ2v) is 5.71. The largest absolute Gasteiger partial charge is 0.493 e. The van der Waals surface area contributed by atoms with Crippen molar-refractivity contribution in [3.8, 4) is 5.75 Å². The molecule has 21 heavy (non-hydrogen) atoms. The van der Waals surface area contributed by atoms with Gasteiger partial charge in [-0.25, -0.2) is 4.79 Å². The van der Waals surface area contributed by atoms with E-state index in [1.807, 2.05) is 38.1 Å². The molecule has 3 N–H and O–H groups in total. The fourth-order valence-corrected chi connectivity index (χ4v) is 2.57. The first-order valence-electron chi connectivity index (χ1n) is 7.51. The average Bonchev–Trinajstić information content (AvgIpc) is 2.47. The van der Waals surface area contributed by atoms with Crippen LogP contribution in [0.2, 0.25) is 0 Å². The van der Waals surface area contributed by atoms with Crippen molar-refractivity contribution < 1.29 is 14.6 Å². The van der Waals surface area contributed by atoms with Gasteiger partial charge in [-0.05, 0) is 18.4 Å². The molecule has 0 saturated carbocycles. The second-order valence-electron chi connectivity index (χ2n) is 5.71. The number of ether oxygens (including phenoxy) is 1. The molecule has 2 atom stereocenters. The zero-order chi connectivity index (χ0) is 15.2. The highest BCUT2D eigenvalue weighted by atomic mass is 16.5. The van der Waals surface area contributed by atoms with Gasteiger partial charge >= 0.3 is 6.03 Å². The van der Waals surface area contributed by atoms with Crippen molar-refractivity contribution in [2.24, 2.45) is 5.92 Å². The fraction of sp³-hybridized carbons (Fsp3) is 0.562. The van der Waals surface area contributed by atoms with E-state index in [0.29, 0.717) is 13.0 Å². The number of nitrogens with one attached hydrogen (secondary N) is 2. The summed E-state index contributed by atoms with van der Waals surface area (Å²) < 4.78 is 5.59. The molecule has 0 radical (unpaired) electrons. The third-order valence-corrected chi connectivity index (χ3v) is 3.83. The zero-order valence-electron chi connectivity index (χ0n) is 12.6. The lowest BCUT2D eigenvalue weighted by Crippen LogP contribution is -2.46. The molecule has 1 aromatic carbocycles. The molecule has 5 nitrogen and oxygen atoms in total. The number of fused-ring (bicyclic) bond motifs is 1. The number of aliphatic hydroxyl groups is 1. The third-order valence-electron chi connectivity index (χ3n) is 3.83. The molecule has 2 amide bonds. The summed E-state index contributed by atoms with van der Waals surface area (Å²) in [6, 6.07) is 7.53. The van der Waals surface area contributed by atoms with Crippen LogP contribution in [0.1, 0.15) is 38.3 Å². The summed E-state index contributed by atoms with van der Waals surface area (Å²) in [6.07, 6.45) is 1.33. The standard InChI is InChI=1S/C16H24N2O3/c1-11(2)13(7-9-19)17-16(20)18-14-8-10-21-15-6-4-3-5-12(14)15/h3-6,11,13-14,19H,7-10H2,1-2H3,(H2,17,18,20). The Hall–Kier alpha value is -1.75. The summed E-state index contributed by atoms with van der Waals surface area (Å²) in [5, 5.41) is 15.0. The van der Waals surface area contributed by atoms with E-state index in [1.54, 1.807) is 0 Å². The first-order valence-corrected chi connectivity index (χ1v) is 7.51. The second kappa shape index (κ2) is 7.31. The van der Waals surface area contributed by atoms with Gasteiger partial charge in [-0.1, -0.05) is 32.0 Å². The van der Waals surface area contributed by atoms with Crippen molar-refractivity contribution in [1.82, 2.24) is 10.6 Å². The summed E-state index contributed by atoms with van der Waals surface area (Å²) >= 11 is 0. The number of hydrogen-bond donors (Lipinski definition) is 3. The highest BCUT2D eigenvalue weighted by Gasteiger charge is 2.24. The van der Waals surface area contributed by atoms with Gasteiger partial charge in [-0.3, -0.25) is 0 Å². The highest BCUT2D eigenvalue weighted by molar-refractivity contribution is 5.75. The van der Waals surface area contributed by atoms with Crippen molar-refractivity contribution in [1.29, 1.82) is 0 Å². The maximum absolute atomic E-state index is 12.2. The minimum Gasteiger partial charge on any atom is -0.493 e. The average molecular weight is 292 g/mol. The van der Waals surface area contributed by atoms with E-state index in [9.17, 15) is 4.79 Å². The van der Waals surface area contributed by atoms with Crippen LogP contribution in [0.3, 0.4) is 0 Å². The maximum Gasteiger partial charge on any atom is 0.315 e. The molecule has 2 unspecified atom stereocenters. The lowest BCUT2D eigenvalue weighted by molar-refractivity contribution is 0.208. The molecule has 0 fully saturated rings. The molecule has 0 bridgehead atoms. The van der Waals surface area contributed by atoms with Crippen LogP contribution >= 0.6 is 0 Å². The summed E-state index contributed by atoms with van der Waals surface area (Å²) in [6.45, 7) is 4.74. The summed E-state index contributed by atoms with van der Waals surface area (Å²) in [4.78, 5) is 12.2. The van der Waals surface area contributed by atoms with Crippen molar-refractivity contribution in [2.45, 2.75) is 38.8 Å². The summed E-state index contributed by atoms with van der Waals surface area (Å²) in [5.41, 5.74) is 1.02. The highest BCUT2D eigenvalue weighted by Crippen LogP contribution is 2.31. The minimum absolute atomic E-state index is 0.0231. The monoisotopic (exact) mass is 292 g/mol. The van der Waals surface area contributed by atoms with Crippen LogP contribution in [-0.2, 0) is 0 Å². The normalized spacial score (nSPS) is 18.6. The Labute approximate surface area is 125 Å². The predicted octanol–water partition coefficient (Wildman–Crippen LogP) is 2.22. The van der Waals surface area contributed by atoms with Crippen LogP contribution in [0.25, 0.3) is 0 Å². The number of carbonyl (C=O) groups excluding carboxylic acids is 1. The van der Waals surface area contributed by atoms with E-state index < -0.39 is 0 Å². The smallest absolute Gasteiger partial charge is 0.315 e. The first kappa shape index (κ1) is 15.6. The van der Waals surface area contributed by atoms with Gasteiger partial charge in [0.05, 0.1) is 12.6 Å². The molecule has 5 heteroatoms. The molecular formula is C16H24N2O3. The number of benzene rings is 1. The van der Waals surface area contributed by atoms with Crippen molar-refractivity contribution in [2.75, 3.05) is 13.2 Å². The molecule has 0 saturated heterocycles. The van der Waals surface area contributed by atoms with E-state index in [-0.39, 0.29) is 30.6 Å². The zero-order valence-corrected chi connectivity index (χ0v) is 12.6. The molecule has 2 rings (SSSR count). The Balaban J connectivity index is 1.97. The van der Waals surface area contributed by atoms with Crippen LogP contribution < -0.4 is 15.4 Å². The molecule has 1 aliphatic heterocycles. The van der Waals surface area contributed by atoms with Crippen LogP contribution in [0.4, 0.5) is 4.79 Å². The number of carbonyl (C=O) groups is 1. The van der Waals surface area contributed by atoms with Crippen molar-refractivity contribution >= 4 is 6.03 Å². The van der Waals surface area contributed by atoms with E-state index in [2.05, 4.69) is 10.6 Å². The molecule has 1 heterocycles. The quantitative estimate of drug-likeness (QED) is 0.779. The van der Waals surface area contributed by atoms with E-state index in [1.165, 1.54) is 0 Å². The number of hydrogen-bond acceptors (Lipinski definition) is 3. The van der Waals surface area contributed by atoms with Gasteiger partial charge in [0.1, 0.15) is 5.75 Å². The van der Waals surface area contributed by atoms with Crippen molar-refractivity contribution in [3.05, 3.63) is 29.8 Å². The molecule has 0 spiro atoms. The predicted molar refractivity (Wildman–Crippen MR) is 81.3 cm³/mol. The molecular weight excluding hydrogens is 268 g/mol. The van der Waals surface area contributed by atoms with Gasteiger partial charge in [0.15, 0.2) is 0 Å². The van der Waals surface area contributed by atoms with Gasteiger partial charge < -0.3 is 20.5 Å². The van der Waals surface area contributed by atoms with Crippen LogP contribution in [0.5, 0.6) is 5.75 Å². The number of aliphatic hydroxyl groups excluding tert-OH is 1. The third kappa shape index (κ3) is 4.11. The van der Waals surface area contributed by atoms with Gasteiger partial charge in [0.25, 0.3) is 0 Å². The molecule has 1 aliphatic rings. The number of rotatable bonds is 5. The SMILES string of the molecule is CC(C)C(CCO)NC(=O)NC1CCOc2ccccc21. The molecule has 0 aromatic heterocycles. The van der Waals surface area contributed by atoms with Crippen LogP contribution in [0.15, 0.2) is 24.3 Å². The van der Waals surface area contributed by atoms with E-state index in [4.69, 9.17) is 9.84 Å². The Morgan fingerprint density at radius 2 is 2.19 bits per heavy atom. The topological polar surface area (TPSA) is 70.6 Å². The lowest BCUT2D eigenvalue weighted by atomic mass is 10.0. The summed E-state index contributed by atoms with van der Waals surface area (Å²) in [7, 11) is 0. The van der Waals surface area contributed by atoms with Gasteiger partial charge in [0, 0.05) is 24.6 Å². The number of urea groups is 1. The fourth-order valence-electron chi connectivity index (χ4n) is 2.57. The Morgan fingerprint density at radius 3 is 2.90 bits per heavy atom. The Kier molecular flexibility index (Phi) is 5.44. The molecule has 1 aromatic rings. The van der Waals surface area contributed by atoms with E-state index in [0.717, 1.165) is 17.7 Å².